The summed E-state index contributed by atoms with van der Waals surface area (Å²) in [6, 6.07) is 3.28. The summed E-state index contributed by atoms with van der Waals surface area (Å²) in [4.78, 5) is 0. The van der Waals surface area contributed by atoms with Crippen molar-refractivity contribution in [2.45, 2.75) is 0 Å². The molecule has 0 bridgehead atoms. The first kappa shape index (κ1) is 37.5. The first-order valence-corrected chi connectivity index (χ1v) is 5.50. The zero-order chi connectivity index (χ0) is 20.5. The van der Waals surface area contributed by atoms with E-state index in [0.29, 0.717) is 5.76 Å². The van der Waals surface area contributed by atoms with Crippen LogP contribution in [-0.4, -0.2) is 37.2 Å². The van der Waals surface area contributed by atoms with Crippen molar-refractivity contribution >= 4 is 4.57 Å². The Balaban J connectivity index is -0.0000000422. The molecule has 0 spiro atoms. The third-order valence-electron chi connectivity index (χ3n) is 0.722. The molecule has 1 aromatic heterocycles. The van der Waals surface area contributed by atoms with Crippen LogP contribution >= 0.6 is 0 Å². The van der Waals surface area contributed by atoms with Gasteiger partial charge in [0.25, 0.3) is 0 Å². The van der Waals surface area contributed by atoms with Crippen molar-refractivity contribution < 1.29 is 53.1 Å². The van der Waals surface area contributed by atoms with Crippen LogP contribution in [0.5, 0.6) is 0 Å². The van der Waals surface area contributed by atoms with Gasteiger partial charge in [0.1, 0.15) is 0 Å². The van der Waals surface area contributed by atoms with Gasteiger partial charge in [-0.3, -0.25) is 0 Å². The Morgan fingerprint density at radius 3 is 1.26 bits per heavy atom. The number of hydrogen-bond acceptors (Lipinski definition) is 2. The Labute approximate surface area is 143 Å². The van der Waals surface area contributed by atoms with E-state index in [-0.39, 0.29) is 4.57 Å². The summed E-state index contributed by atoms with van der Waals surface area (Å²) in [5, 5.41) is 10.4. The second-order valence-electron chi connectivity index (χ2n) is 3.95. The fraction of sp³-hybridized carbons (Fsp3) is 0.286. The summed E-state index contributed by atoms with van der Waals surface area (Å²) < 4.78 is 43.1. The van der Waals surface area contributed by atoms with Gasteiger partial charge in [-0.1, -0.05) is 0 Å². The third kappa shape index (κ3) is 78.6. The van der Waals surface area contributed by atoms with Crippen molar-refractivity contribution in [3.05, 3.63) is 57.4 Å². The van der Waals surface area contributed by atoms with Crippen molar-refractivity contribution in [2.75, 3.05) is 28.2 Å². The molecule has 1 rings (SSSR count). The molecule has 0 atom stereocenters. The van der Waals surface area contributed by atoms with Gasteiger partial charge in [0.05, 0.1) is 28.2 Å². The minimum atomic E-state index is -0.157. The molecular weight excluding hydrogens is 346 g/mol. The predicted molar refractivity (Wildman–Crippen MR) is 66.4 cm³/mol. The van der Waals surface area contributed by atoms with Crippen LogP contribution in [0.1, 0.15) is 5.76 Å². The molecule has 0 N–H and O–H groups in total. The van der Waals surface area contributed by atoms with Crippen molar-refractivity contribution in [3.63, 3.8) is 0 Å². The molecule has 0 aliphatic carbocycles. The molecule has 0 saturated heterocycles. The number of nitrogens with zero attached hydrogens (tertiary/aromatic N) is 1. The molecule has 0 amide bonds. The van der Waals surface area contributed by atoms with Crippen LogP contribution in [0.15, 0.2) is 22.8 Å². The number of rotatable bonds is 1. The molecule has 1 heterocycles. The second kappa shape index (κ2) is 37.0. The zero-order valence-electron chi connectivity index (χ0n) is 12.9. The van der Waals surface area contributed by atoms with Crippen molar-refractivity contribution in [1.82, 2.24) is 0 Å². The van der Waals surface area contributed by atoms with Crippen LogP contribution < -0.4 is 5.11 Å². The molecule has 0 saturated carbocycles. The van der Waals surface area contributed by atoms with E-state index in [1.807, 2.05) is 0 Å². The second-order valence-corrected chi connectivity index (χ2v) is 4.53. The summed E-state index contributed by atoms with van der Waals surface area (Å²) in [6.07, 6.45) is 1.46. The Morgan fingerprint density at radius 1 is 0.913 bits per heavy atom. The molecule has 1 aromatic rings. The maximum absolute atomic E-state index is 10.4. The fourth-order valence-corrected chi connectivity index (χ4v) is 0.576. The Bertz CT molecular complexity index is 396. The maximum atomic E-state index is 10.4. The predicted octanol–water partition coefficient (Wildman–Crippen LogP) is -0.200. The van der Waals surface area contributed by atoms with Gasteiger partial charge in [0.2, 0.25) is 0 Å². The molecule has 0 unspecified atom stereocenters. The van der Waals surface area contributed by atoms with E-state index >= 15 is 0 Å². The third-order valence-corrected chi connectivity index (χ3v) is 1.04. The van der Waals surface area contributed by atoms with Gasteiger partial charge in [0.15, 0.2) is 0 Å². The van der Waals surface area contributed by atoms with Gasteiger partial charge >= 0.3 is 111 Å². The van der Waals surface area contributed by atoms with E-state index in [0.717, 1.165) is 4.48 Å². The molecule has 0 fully saturated rings. The molecule has 0 aromatic carbocycles. The van der Waals surface area contributed by atoms with Crippen LogP contribution in [0.4, 0.5) is 0 Å². The molecule has 0 aliphatic heterocycles. The zero-order valence-corrected chi connectivity index (χ0v) is 14.2. The molecule has 0 radical (unpaired) electrons. The van der Waals surface area contributed by atoms with Gasteiger partial charge in [-0.15, -0.1) is 0 Å². The van der Waals surface area contributed by atoms with E-state index in [2.05, 4.69) is 77.3 Å². The van der Waals surface area contributed by atoms with E-state index in [9.17, 15) is 5.11 Å². The number of hydrogen-bond donors (Lipinski definition) is 0. The normalized spacial score (nSPS) is 6.22. The summed E-state index contributed by atoms with van der Waals surface area (Å²) >= 11 is 2.31. The summed E-state index contributed by atoms with van der Waals surface area (Å²) in [6.45, 7) is 22.5. The topological polar surface area (TPSA) is 136 Å². The van der Waals surface area contributed by atoms with E-state index in [1.165, 1.54) is 6.26 Å². The molecule has 0 aliphatic rings. The monoisotopic (exact) mass is 361 g/mol. The Hall–Kier alpha value is -1.70. The van der Waals surface area contributed by atoms with Crippen LogP contribution in [0.25, 0.3) is 0 Å². The Morgan fingerprint density at radius 2 is 1.17 bits per heavy atom. The molecule has 9 heteroatoms. The number of furan rings is 1. The van der Waals surface area contributed by atoms with Crippen LogP contribution in [0.2, 0.25) is 0 Å². The summed E-state index contributed by atoms with van der Waals surface area (Å²) in [7, 11) is 8.50. The van der Waals surface area contributed by atoms with Crippen molar-refractivity contribution in [1.29, 1.82) is 0 Å². The minimum absolute atomic E-state index is 0.157. The summed E-state index contributed by atoms with van der Waals surface area (Å²) in [5.74, 6) is 0.366. The molecule has 8 nitrogen and oxygen atoms in total. The van der Waals surface area contributed by atoms with Gasteiger partial charge in [-0.2, -0.15) is 0 Å². The Kier molecular flexibility index (Phi) is 60.3. The van der Waals surface area contributed by atoms with E-state index in [1.54, 1.807) is 12.1 Å². The molecule has 23 heavy (non-hydrogen) atoms. The van der Waals surface area contributed by atoms with Gasteiger partial charge in [-0.25, -0.2) is 0 Å². The summed E-state index contributed by atoms with van der Waals surface area (Å²) in [5.41, 5.74) is 0. The van der Waals surface area contributed by atoms with Crippen molar-refractivity contribution in [2.24, 2.45) is 0 Å². The van der Waals surface area contributed by atoms with Crippen LogP contribution in [-0.2, 0) is 39.1 Å². The molecular formula is C14H15CrNO7. The van der Waals surface area contributed by atoms with Gasteiger partial charge in [-0.05, 0) is 0 Å². The quantitative estimate of drug-likeness (QED) is 0.389. The molecule has 124 valence electrons. The van der Waals surface area contributed by atoms with E-state index < -0.39 is 0 Å². The number of quaternary nitrogens is 1. The SMILES string of the molecule is C[N+](C)(C)C.[C-]#[O+].[C-]#[O+].[C-]#[O+].[C-]#[O+].[C-]#[O+].[O-][C](=[Cr])c1ccco1. The fourth-order valence-electron chi connectivity index (χ4n) is 0.395. The van der Waals surface area contributed by atoms with Crippen LogP contribution in [0, 0.1) is 33.3 Å². The van der Waals surface area contributed by atoms with E-state index in [4.69, 9.17) is 27.7 Å². The average Bonchev–Trinajstić information content (AvgIpc) is 3.10. The van der Waals surface area contributed by atoms with Crippen molar-refractivity contribution in [3.8, 4) is 0 Å². The first-order valence-electron chi connectivity index (χ1n) is 4.86. The standard InChI is InChI=1S/C5H3O2.C4H12N.5CO.Cr/c6-4-5-2-1-3-7-5;1-5(2,3)4;5*1-2;/h1-3H;1-4H3;;;;;;/q-1;+1;;;;;;. The first-order chi connectivity index (χ1) is 10.8. The van der Waals surface area contributed by atoms with Crippen LogP contribution in [0.3, 0.4) is 0 Å². The van der Waals surface area contributed by atoms with Gasteiger partial charge < -0.3 is 4.48 Å². The average molecular weight is 361 g/mol. The van der Waals surface area contributed by atoms with Gasteiger partial charge in [0, 0.05) is 0 Å².